The third kappa shape index (κ3) is 2.78. The highest BCUT2D eigenvalue weighted by Crippen LogP contribution is 2.25. The van der Waals surface area contributed by atoms with Crippen molar-refractivity contribution in [3.63, 3.8) is 0 Å². The SMILES string of the molecule is COC1CN(c2cc(C(=O)O)c(N)cn2)CCC1C. The Morgan fingerprint density at radius 3 is 3.00 bits per heavy atom. The summed E-state index contributed by atoms with van der Waals surface area (Å²) in [7, 11) is 1.70. The molecule has 104 valence electrons. The van der Waals surface area contributed by atoms with Crippen LogP contribution in [0.15, 0.2) is 12.3 Å². The summed E-state index contributed by atoms with van der Waals surface area (Å²) in [5, 5.41) is 9.08. The number of carboxylic acid groups (broad SMARTS) is 1. The van der Waals surface area contributed by atoms with E-state index in [2.05, 4.69) is 11.9 Å². The lowest BCUT2D eigenvalue weighted by atomic mass is 9.96. The first-order valence-corrected chi connectivity index (χ1v) is 6.29. The number of ether oxygens (including phenoxy) is 1. The smallest absolute Gasteiger partial charge is 0.337 e. The van der Waals surface area contributed by atoms with Crippen LogP contribution in [0.2, 0.25) is 0 Å². The summed E-state index contributed by atoms with van der Waals surface area (Å²) in [6.45, 7) is 3.72. The summed E-state index contributed by atoms with van der Waals surface area (Å²) in [5.41, 5.74) is 5.89. The number of hydrogen-bond donors (Lipinski definition) is 2. The summed E-state index contributed by atoms with van der Waals surface area (Å²) in [4.78, 5) is 17.3. The average molecular weight is 265 g/mol. The highest BCUT2D eigenvalue weighted by atomic mass is 16.5. The Balaban J connectivity index is 2.22. The van der Waals surface area contributed by atoms with E-state index in [0.717, 1.165) is 13.0 Å². The first kappa shape index (κ1) is 13.6. The van der Waals surface area contributed by atoms with E-state index >= 15 is 0 Å². The molecular formula is C13H19N3O3. The zero-order chi connectivity index (χ0) is 14.0. The fourth-order valence-electron chi connectivity index (χ4n) is 2.36. The molecule has 0 spiro atoms. The summed E-state index contributed by atoms with van der Waals surface area (Å²) < 4.78 is 5.45. The molecule has 6 heteroatoms. The van der Waals surface area contributed by atoms with E-state index in [1.807, 2.05) is 4.90 Å². The second kappa shape index (κ2) is 5.44. The molecule has 19 heavy (non-hydrogen) atoms. The van der Waals surface area contributed by atoms with Gasteiger partial charge in [0, 0.05) is 20.2 Å². The number of nitrogens with zero attached hydrogens (tertiary/aromatic N) is 2. The molecule has 1 saturated heterocycles. The molecule has 1 fully saturated rings. The molecule has 2 unspecified atom stereocenters. The number of methoxy groups -OCH3 is 1. The first-order valence-electron chi connectivity index (χ1n) is 6.29. The van der Waals surface area contributed by atoms with Gasteiger partial charge in [-0.1, -0.05) is 6.92 Å². The molecular weight excluding hydrogens is 246 g/mol. The number of rotatable bonds is 3. The predicted octanol–water partition coefficient (Wildman–Crippen LogP) is 1.22. The topological polar surface area (TPSA) is 88.7 Å². The van der Waals surface area contributed by atoms with Crippen molar-refractivity contribution in [2.75, 3.05) is 30.8 Å². The largest absolute Gasteiger partial charge is 0.478 e. The van der Waals surface area contributed by atoms with Gasteiger partial charge in [0.2, 0.25) is 0 Å². The van der Waals surface area contributed by atoms with Crippen molar-refractivity contribution in [1.82, 2.24) is 4.98 Å². The van der Waals surface area contributed by atoms with Crippen molar-refractivity contribution in [2.45, 2.75) is 19.4 Å². The van der Waals surface area contributed by atoms with Crippen LogP contribution in [0.1, 0.15) is 23.7 Å². The zero-order valence-corrected chi connectivity index (χ0v) is 11.2. The summed E-state index contributed by atoms with van der Waals surface area (Å²) >= 11 is 0. The molecule has 1 aromatic heterocycles. The van der Waals surface area contributed by atoms with Crippen molar-refractivity contribution in [3.05, 3.63) is 17.8 Å². The van der Waals surface area contributed by atoms with E-state index in [-0.39, 0.29) is 17.4 Å². The van der Waals surface area contributed by atoms with Crippen LogP contribution in [0.3, 0.4) is 0 Å². The van der Waals surface area contributed by atoms with Crippen LogP contribution < -0.4 is 10.6 Å². The Morgan fingerprint density at radius 1 is 1.63 bits per heavy atom. The van der Waals surface area contributed by atoms with Crippen LogP contribution in [0, 0.1) is 5.92 Å². The minimum absolute atomic E-state index is 0.0950. The fourth-order valence-corrected chi connectivity index (χ4v) is 2.36. The molecule has 0 aromatic carbocycles. The number of aromatic carboxylic acids is 1. The Morgan fingerprint density at radius 2 is 2.37 bits per heavy atom. The Bertz CT molecular complexity index is 478. The lowest BCUT2D eigenvalue weighted by Crippen LogP contribution is -2.44. The molecule has 0 saturated carbocycles. The van der Waals surface area contributed by atoms with Gasteiger partial charge in [-0.3, -0.25) is 0 Å². The molecule has 2 heterocycles. The molecule has 0 amide bonds. The van der Waals surface area contributed by atoms with Crippen molar-refractivity contribution in [3.8, 4) is 0 Å². The minimum Gasteiger partial charge on any atom is -0.478 e. The second-order valence-corrected chi connectivity index (χ2v) is 4.92. The van der Waals surface area contributed by atoms with Crippen LogP contribution in [-0.2, 0) is 4.74 Å². The van der Waals surface area contributed by atoms with Crippen LogP contribution in [0.5, 0.6) is 0 Å². The van der Waals surface area contributed by atoms with E-state index in [9.17, 15) is 4.79 Å². The summed E-state index contributed by atoms with van der Waals surface area (Å²) in [5.74, 6) is 0.101. The lowest BCUT2D eigenvalue weighted by molar-refractivity contribution is 0.0496. The molecule has 0 aliphatic carbocycles. The number of carboxylic acids is 1. The molecule has 0 radical (unpaired) electrons. The number of aromatic nitrogens is 1. The van der Waals surface area contributed by atoms with Crippen molar-refractivity contribution >= 4 is 17.5 Å². The second-order valence-electron chi connectivity index (χ2n) is 4.92. The highest BCUT2D eigenvalue weighted by Gasteiger charge is 2.27. The monoisotopic (exact) mass is 265 g/mol. The van der Waals surface area contributed by atoms with Crippen LogP contribution in [0.4, 0.5) is 11.5 Å². The van der Waals surface area contributed by atoms with Gasteiger partial charge in [-0.15, -0.1) is 0 Å². The number of nitrogen functional groups attached to an aromatic ring is 1. The molecule has 1 aliphatic heterocycles. The molecule has 0 bridgehead atoms. The van der Waals surface area contributed by atoms with Gasteiger partial charge in [-0.05, 0) is 18.4 Å². The predicted molar refractivity (Wildman–Crippen MR) is 72.4 cm³/mol. The van der Waals surface area contributed by atoms with Crippen molar-refractivity contribution in [2.24, 2.45) is 5.92 Å². The first-order chi connectivity index (χ1) is 9.02. The minimum atomic E-state index is -1.03. The molecule has 3 N–H and O–H groups in total. The van der Waals surface area contributed by atoms with Gasteiger partial charge in [-0.25, -0.2) is 9.78 Å². The van der Waals surface area contributed by atoms with Gasteiger partial charge in [-0.2, -0.15) is 0 Å². The van der Waals surface area contributed by atoms with Gasteiger partial charge in [0.15, 0.2) is 0 Å². The molecule has 6 nitrogen and oxygen atoms in total. The lowest BCUT2D eigenvalue weighted by Gasteiger charge is -2.37. The molecule has 2 atom stereocenters. The number of piperidine rings is 1. The number of nitrogens with two attached hydrogens (primary N) is 1. The standard InChI is InChI=1S/C13H19N3O3/c1-8-3-4-16(7-11(8)19-2)12-5-9(13(17)18)10(14)6-15-12/h5-6,8,11H,3-4,7,14H2,1-2H3,(H,17,18). The highest BCUT2D eigenvalue weighted by molar-refractivity contribution is 5.94. The molecule has 1 aromatic rings. The summed E-state index contributed by atoms with van der Waals surface area (Å²) in [6.07, 6.45) is 2.53. The van der Waals surface area contributed by atoms with Gasteiger partial charge in [0.25, 0.3) is 0 Å². The maximum Gasteiger partial charge on any atom is 0.337 e. The third-order valence-electron chi connectivity index (χ3n) is 3.67. The maximum atomic E-state index is 11.1. The van der Waals surface area contributed by atoms with Crippen LogP contribution in [-0.4, -0.2) is 42.4 Å². The molecule has 1 aliphatic rings. The quantitative estimate of drug-likeness (QED) is 0.854. The Labute approximate surface area is 112 Å². The number of pyridine rings is 1. The normalized spacial score (nSPS) is 23.4. The van der Waals surface area contributed by atoms with Crippen LogP contribution in [0.25, 0.3) is 0 Å². The van der Waals surface area contributed by atoms with E-state index < -0.39 is 5.97 Å². The van der Waals surface area contributed by atoms with Gasteiger partial charge < -0.3 is 20.5 Å². The fraction of sp³-hybridized carbons (Fsp3) is 0.538. The third-order valence-corrected chi connectivity index (χ3v) is 3.67. The van der Waals surface area contributed by atoms with Gasteiger partial charge in [0.05, 0.1) is 23.6 Å². The maximum absolute atomic E-state index is 11.1. The summed E-state index contributed by atoms with van der Waals surface area (Å²) in [6, 6.07) is 1.53. The van der Waals surface area contributed by atoms with Crippen molar-refractivity contribution < 1.29 is 14.6 Å². The number of carbonyl (C=O) groups is 1. The van der Waals surface area contributed by atoms with Crippen LogP contribution >= 0.6 is 0 Å². The van der Waals surface area contributed by atoms with Crippen molar-refractivity contribution in [1.29, 1.82) is 0 Å². The zero-order valence-electron chi connectivity index (χ0n) is 11.2. The average Bonchev–Trinajstić information content (AvgIpc) is 2.39. The number of hydrogen-bond acceptors (Lipinski definition) is 5. The van der Waals surface area contributed by atoms with E-state index in [0.29, 0.717) is 18.3 Å². The van der Waals surface area contributed by atoms with E-state index in [4.69, 9.17) is 15.6 Å². The van der Waals surface area contributed by atoms with E-state index in [1.165, 1.54) is 12.3 Å². The van der Waals surface area contributed by atoms with Gasteiger partial charge >= 0.3 is 5.97 Å². The Kier molecular flexibility index (Phi) is 3.90. The molecule has 2 rings (SSSR count). The van der Waals surface area contributed by atoms with Gasteiger partial charge in [0.1, 0.15) is 5.82 Å². The van der Waals surface area contributed by atoms with E-state index in [1.54, 1.807) is 7.11 Å². The number of anilines is 2. The Hall–Kier alpha value is -1.82.